The highest BCUT2D eigenvalue weighted by atomic mass is 16.5. The van der Waals surface area contributed by atoms with Crippen LogP contribution in [0.5, 0.6) is 0 Å². The molecule has 0 heterocycles. The van der Waals surface area contributed by atoms with E-state index in [4.69, 9.17) is 0 Å². The first-order valence-electron chi connectivity index (χ1n) is 5.93. The Bertz CT molecular complexity index is 446. The Labute approximate surface area is 113 Å². The van der Waals surface area contributed by atoms with Crippen molar-refractivity contribution in [3.05, 3.63) is 42.0 Å². The van der Waals surface area contributed by atoms with Crippen molar-refractivity contribution in [2.24, 2.45) is 5.41 Å². The van der Waals surface area contributed by atoms with E-state index < -0.39 is 17.4 Å². The minimum atomic E-state index is -1.31. The molecule has 1 rings (SSSR count). The van der Waals surface area contributed by atoms with E-state index in [1.165, 1.54) is 21.1 Å². The van der Waals surface area contributed by atoms with Crippen LogP contribution in [0.1, 0.15) is 18.9 Å². The maximum absolute atomic E-state index is 11.7. The van der Waals surface area contributed by atoms with Gasteiger partial charge in [-0.2, -0.15) is 0 Å². The summed E-state index contributed by atoms with van der Waals surface area (Å²) in [6, 6.07) is 9.62. The predicted molar refractivity (Wildman–Crippen MR) is 72.2 cm³/mol. The third-order valence-corrected chi connectivity index (χ3v) is 2.91. The zero-order valence-corrected chi connectivity index (χ0v) is 11.4. The van der Waals surface area contributed by atoms with Crippen molar-refractivity contribution in [3.63, 3.8) is 0 Å². The second-order valence-corrected chi connectivity index (χ2v) is 4.33. The van der Waals surface area contributed by atoms with Gasteiger partial charge in [0.2, 0.25) is 0 Å². The Morgan fingerprint density at radius 2 is 1.63 bits per heavy atom. The molecule has 4 nitrogen and oxygen atoms in total. The molecule has 102 valence electrons. The normalized spacial score (nSPS) is 11.3. The van der Waals surface area contributed by atoms with Gasteiger partial charge in [-0.1, -0.05) is 42.5 Å². The standard InChI is InChI=1S/C15H18O4/c1-15(13(16)18-2,14(17)19-3)11-7-10-12-8-5-4-6-9-12/h4-10H,11H2,1-3H3/b10-7+. The molecule has 0 saturated carbocycles. The van der Waals surface area contributed by atoms with Crippen LogP contribution in [0.4, 0.5) is 0 Å². The molecular formula is C15H18O4. The van der Waals surface area contributed by atoms with Crippen LogP contribution in [0.3, 0.4) is 0 Å². The zero-order chi connectivity index (χ0) is 14.3. The lowest BCUT2D eigenvalue weighted by Crippen LogP contribution is -2.38. The highest BCUT2D eigenvalue weighted by molar-refractivity contribution is 5.99. The largest absolute Gasteiger partial charge is 0.468 e. The summed E-state index contributed by atoms with van der Waals surface area (Å²) in [5, 5.41) is 0. The van der Waals surface area contributed by atoms with Gasteiger partial charge < -0.3 is 9.47 Å². The number of ether oxygens (including phenoxy) is 2. The zero-order valence-electron chi connectivity index (χ0n) is 11.4. The third-order valence-electron chi connectivity index (χ3n) is 2.91. The van der Waals surface area contributed by atoms with Crippen molar-refractivity contribution in [3.8, 4) is 0 Å². The molecule has 0 bridgehead atoms. The van der Waals surface area contributed by atoms with E-state index in [0.717, 1.165) is 5.56 Å². The lowest BCUT2D eigenvalue weighted by Gasteiger charge is -2.21. The van der Waals surface area contributed by atoms with Gasteiger partial charge in [0.05, 0.1) is 14.2 Å². The lowest BCUT2D eigenvalue weighted by atomic mass is 9.86. The summed E-state index contributed by atoms with van der Waals surface area (Å²) in [6.45, 7) is 1.51. The lowest BCUT2D eigenvalue weighted by molar-refractivity contribution is -0.167. The highest BCUT2D eigenvalue weighted by Crippen LogP contribution is 2.26. The van der Waals surface area contributed by atoms with E-state index >= 15 is 0 Å². The Morgan fingerprint density at radius 3 is 2.11 bits per heavy atom. The van der Waals surface area contributed by atoms with Gasteiger partial charge in [-0.3, -0.25) is 9.59 Å². The number of carbonyl (C=O) groups excluding carboxylic acids is 2. The number of allylic oxidation sites excluding steroid dienone is 1. The van der Waals surface area contributed by atoms with Crippen LogP contribution in [0.15, 0.2) is 36.4 Å². The highest BCUT2D eigenvalue weighted by Gasteiger charge is 2.42. The Kier molecular flexibility index (Phi) is 5.30. The number of carbonyl (C=O) groups is 2. The summed E-state index contributed by atoms with van der Waals surface area (Å²) >= 11 is 0. The smallest absolute Gasteiger partial charge is 0.323 e. The van der Waals surface area contributed by atoms with E-state index in [0.29, 0.717) is 0 Å². The van der Waals surface area contributed by atoms with Crippen LogP contribution in [0, 0.1) is 5.41 Å². The fraction of sp³-hybridized carbons (Fsp3) is 0.333. The van der Waals surface area contributed by atoms with E-state index in [-0.39, 0.29) is 6.42 Å². The molecule has 0 aliphatic rings. The first kappa shape index (κ1) is 15.0. The maximum Gasteiger partial charge on any atom is 0.323 e. The molecular weight excluding hydrogens is 244 g/mol. The molecule has 0 fully saturated rings. The second kappa shape index (κ2) is 6.73. The molecule has 4 heteroatoms. The van der Waals surface area contributed by atoms with Gasteiger partial charge in [0, 0.05) is 0 Å². The van der Waals surface area contributed by atoms with Gasteiger partial charge in [-0.05, 0) is 18.9 Å². The van der Waals surface area contributed by atoms with Crippen molar-refractivity contribution in [1.82, 2.24) is 0 Å². The van der Waals surface area contributed by atoms with Crippen molar-refractivity contribution in [2.45, 2.75) is 13.3 Å². The van der Waals surface area contributed by atoms with E-state index in [9.17, 15) is 9.59 Å². The van der Waals surface area contributed by atoms with Crippen molar-refractivity contribution in [1.29, 1.82) is 0 Å². The Hall–Kier alpha value is -2.10. The van der Waals surface area contributed by atoms with Crippen LogP contribution in [-0.4, -0.2) is 26.2 Å². The van der Waals surface area contributed by atoms with Gasteiger partial charge >= 0.3 is 11.9 Å². The Balaban J connectivity index is 2.82. The number of rotatable bonds is 5. The number of benzene rings is 1. The van der Waals surface area contributed by atoms with Gasteiger partial charge in [0.1, 0.15) is 0 Å². The fourth-order valence-corrected chi connectivity index (χ4v) is 1.70. The summed E-state index contributed by atoms with van der Waals surface area (Å²) in [4.78, 5) is 23.4. The number of hydrogen-bond acceptors (Lipinski definition) is 4. The van der Waals surface area contributed by atoms with Crippen molar-refractivity contribution in [2.75, 3.05) is 14.2 Å². The molecule has 0 saturated heterocycles. The van der Waals surface area contributed by atoms with Crippen molar-refractivity contribution >= 4 is 18.0 Å². The average molecular weight is 262 g/mol. The average Bonchev–Trinajstić information content (AvgIpc) is 2.46. The molecule has 0 aromatic heterocycles. The van der Waals surface area contributed by atoms with Crippen LogP contribution in [-0.2, 0) is 19.1 Å². The minimum Gasteiger partial charge on any atom is -0.468 e. The first-order chi connectivity index (χ1) is 9.04. The molecule has 0 unspecified atom stereocenters. The Morgan fingerprint density at radius 1 is 1.11 bits per heavy atom. The predicted octanol–water partition coefficient (Wildman–Crippen LogP) is 2.44. The summed E-state index contributed by atoms with van der Waals surface area (Å²) < 4.78 is 9.33. The van der Waals surface area contributed by atoms with Gasteiger partial charge in [0.25, 0.3) is 0 Å². The van der Waals surface area contributed by atoms with Crippen LogP contribution < -0.4 is 0 Å². The summed E-state index contributed by atoms with van der Waals surface area (Å²) in [5.41, 5.74) is -0.311. The maximum atomic E-state index is 11.7. The molecule has 0 aliphatic heterocycles. The van der Waals surface area contributed by atoms with E-state index in [1.807, 2.05) is 36.4 Å². The SMILES string of the molecule is COC(=O)C(C)(C/C=C/c1ccccc1)C(=O)OC. The first-order valence-corrected chi connectivity index (χ1v) is 5.93. The molecule has 0 radical (unpaired) electrons. The summed E-state index contributed by atoms with van der Waals surface area (Å²) in [7, 11) is 2.51. The van der Waals surface area contributed by atoms with E-state index in [1.54, 1.807) is 6.08 Å². The number of esters is 2. The summed E-state index contributed by atoms with van der Waals surface area (Å²) in [6.07, 6.45) is 3.84. The van der Waals surface area contributed by atoms with E-state index in [2.05, 4.69) is 9.47 Å². The second-order valence-electron chi connectivity index (χ2n) is 4.33. The minimum absolute atomic E-state index is 0.223. The summed E-state index contributed by atoms with van der Waals surface area (Å²) in [5.74, 6) is -1.20. The number of hydrogen-bond donors (Lipinski definition) is 0. The molecule has 1 aromatic rings. The van der Waals surface area contributed by atoms with Crippen LogP contribution >= 0.6 is 0 Å². The monoisotopic (exact) mass is 262 g/mol. The fourth-order valence-electron chi connectivity index (χ4n) is 1.70. The van der Waals surface area contributed by atoms with Gasteiger partial charge in [-0.25, -0.2) is 0 Å². The molecule has 0 spiro atoms. The quantitative estimate of drug-likeness (QED) is 0.604. The van der Waals surface area contributed by atoms with Gasteiger partial charge in [-0.15, -0.1) is 0 Å². The topological polar surface area (TPSA) is 52.6 Å². The van der Waals surface area contributed by atoms with Crippen LogP contribution in [0.2, 0.25) is 0 Å². The molecule has 0 atom stereocenters. The van der Waals surface area contributed by atoms with Gasteiger partial charge in [0.15, 0.2) is 5.41 Å². The third kappa shape index (κ3) is 3.68. The molecule has 0 N–H and O–H groups in total. The molecule has 0 amide bonds. The number of methoxy groups -OCH3 is 2. The molecule has 0 aliphatic carbocycles. The van der Waals surface area contributed by atoms with Crippen molar-refractivity contribution < 1.29 is 19.1 Å². The molecule has 1 aromatic carbocycles. The molecule has 19 heavy (non-hydrogen) atoms. The van der Waals surface area contributed by atoms with Crippen LogP contribution in [0.25, 0.3) is 6.08 Å².